The summed E-state index contributed by atoms with van der Waals surface area (Å²) in [6.45, 7) is 4.93. The number of rotatable bonds is 3. The first-order valence-corrected chi connectivity index (χ1v) is 8.88. The maximum atomic E-state index is 12.9. The Labute approximate surface area is 143 Å². The van der Waals surface area contributed by atoms with Gasteiger partial charge < -0.3 is 4.90 Å². The minimum Gasteiger partial charge on any atom is -0.335 e. The summed E-state index contributed by atoms with van der Waals surface area (Å²) in [6, 6.07) is 7.96. The van der Waals surface area contributed by atoms with Crippen molar-refractivity contribution < 1.29 is 9.59 Å². The molecule has 1 atom stereocenters. The highest BCUT2D eigenvalue weighted by Gasteiger charge is 2.32. The van der Waals surface area contributed by atoms with E-state index in [1.165, 1.54) is 11.4 Å². The predicted octanol–water partition coefficient (Wildman–Crippen LogP) is 3.27. The summed E-state index contributed by atoms with van der Waals surface area (Å²) in [5.41, 5.74) is 2.36. The van der Waals surface area contributed by atoms with E-state index >= 15 is 0 Å². The third-order valence-corrected chi connectivity index (χ3v) is 4.92. The molecule has 0 aliphatic carbocycles. The number of hydrazone groups is 1. The lowest BCUT2D eigenvalue weighted by atomic mass is 9.98. The maximum absolute atomic E-state index is 12.9. The van der Waals surface area contributed by atoms with Crippen LogP contribution in [0.1, 0.15) is 51.0 Å². The van der Waals surface area contributed by atoms with Crippen LogP contribution in [0.25, 0.3) is 0 Å². The van der Waals surface area contributed by atoms with Gasteiger partial charge in [-0.25, -0.2) is 5.01 Å². The van der Waals surface area contributed by atoms with Crippen molar-refractivity contribution in [3.05, 3.63) is 29.8 Å². The van der Waals surface area contributed by atoms with Gasteiger partial charge in [-0.1, -0.05) is 24.6 Å². The van der Waals surface area contributed by atoms with E-state index in [1.54, 1.807) is 0 Å². The molecule has 1 fully saturated rings. The maximum Gasteiger partial charge on any atom is 0.270 e. The summed E-state index contributed by atoms with van der Waals surface area (Å²) < 4.78 is 0. The van der Waals surface area contributed by atoms with E-state index in [0.717, 1.165) is 37.1 Å². The van der Waals surface area contributed by atoms with Gasteiger partial charge in [0, 0.05) is 25.4 Å². The van der Waals surface area contributed by atoms with Crippen LogP contribution < -0.4 is 5.01 Å². The number of carbonyl (C=O) groups excluding carboxylic acids is 2. The normalized spacial score (nSPS) is 21.7. The van der Waals surface area contributed by atoms with Crippen LogP contribution in [0, 0.1) is 6.92 Å². The highest BCUT2D eigenvalue weighted by molar-refractivity contribution is 6.40. The summed E-state index contributed by atoms with van der Waals surface area (Å²) in [5, 5.41) is 5.81. The molecule has 0 radical (unpaired) electrons. The van der Waals surface area contributed by atoms with Crippen molar-refractivity contribution in [1.82, 2.24) is 4.90 Å². The van der Waals surface area contributed by atoms with Crippen LogP contribution in [0.2, 0.25) is 0 Å². The Morgan fingerprint density at radius 1 is 1.21 bits per heavy atom. The average Bonchev–Trinajstić information content (AvgIpc) is 2.62. The third kappa shape index (κ3) is 3.35. The quantitative estimate of drug-likeness (QED) is 0.855. The second-order valence-corrected chi connectivity index (χ2v) is 6.64. The van der Waals surface area contributed by atoms with Crippen molar-refractivity contribution in [1.29, 1.82) is 0 Å². The highest BCUT2D eigenvalue weighted by Crippen LogP contribution is 2.24. The van der Waals surface area contributed by atoms with Crippen LogP contribution in [-0.2, 0) is 9.59 Å². The molecule has 128 valence electrons. The van der Waals surface area contributed by atoms with Crippen LogP contribution in [0.15, 0.2) is 29.4 Å². The number of piperidine rings is 1. The molecule has 0 saturated carbocycles. The van der Waals surface area contributed by atoms with E-state index in [-0.39, 0.29) is 11.8 Å². The van der Waals surface area contributed by atoms with Crippen molar-refractivity contribution in [2.75, 3.05) is 11.6 Å². The predicted molar refractivity (Wildman–Crippen MR) is 95.0 cm³/mol. The first-order chi connectivity index (χ1) is 11.6. The number of hydrogen-bond acceptors (Lipinski definition) is 3. The fourth-order valence-electron chi connectivity index (χ4n) is 3.45. The molecule has 3 rings (SSSR count). The Balaban J connectivity index is 1.84. The van der Waals surface area contributed by atoms with Gasteiger partial charge >= 0.3 is 0 Å². The molecule has 1 saturated heterocycles. The van der Waals surface area contributed by atoms with E-state index in [0.29, 0.717) is 24.6 Å². The molecule has 2 aliphatic heterocycles. The number of aryl methyl sites for hydroxylation is 1. The molecule has 0 spiro atoms. The topological polar surface area (TPSA) is 53.0 Å². The lowest BCUT2D eigenvalue weighted by molar-refractivity contribution is -0.127. The van der Waals surface area contributed by atoms with Crippen LogP contribution >= 0.6 is 0 Å². The number of anilines is 1. The first kappa shape index (κ1) is 16.7. The van der Waals surface area contributed by atoms with Gasteiger partial charge in [0.2, 0.25) is 5.91 Å². The SMILES string of the molecule is CCC1CCCCN1C(=O)C1=NN(c2ccc(C)cc2)C(=O)CC1. The van der Waals surface area contributed by atoms with Crippen molar-refractivity contribution in [2.45, 2.75) is 58.4 Å². The smallest absolute Gasteiger partial charge is 0.270 e. The number of carbonyl (C=O) groups is 2. The molecule has 1 aromatic carbocycles. The van der Waals surface area contributed by atoms with E-state index < -0.39 is 0 Å². The standard InChI is InChI=1S/C19H25N3O2/c1-3-15-6-4-5-13-21(15)19(24)17-11-12-18(23)22(20-17)16-9-7-14(2)8-10-16/h7-10,15H,3-6,11-13H2,1-2H3. The second kappa shape index (κ2) is 7.16. The van der Waals surface area contributed by atoms with Crippen molar-refractivity contribution >= 4 is 23.2 Å². The average molecular weight is 327 g/mol. The third-order valence-electron chi connectivity index (χ3n) is 4.92. The van der Waals surface area contributed by atoms with Gasteiger partial charge in [0.25, 0.3) is 5.91 Å². The van der Waals surface area contributed by atoms with Gasteiger partial charge in [-0.3, -0.25) is 9.59 Å². The Morgan fingerprint density at radius 3 is 2.67 bits per heavy atom. The Hall–Kier alpha value is -2.17. The number of hydrogen-bond donors (Lipinski definition) is 0. The summed E-state index contributed by atoms with van der Waals surface area (Å²) >= 11 is 0. The summed E-state index contributed by atoms with van der Waals surface area (Å²) in [5.74, 6) is -0.0488. The van der Waals surface area contributed by atoms with Crippen LogP contribution in [-0.4, -0.2) is 35.0 Å². The molecule has 2 heterocycles. The Morgan fingerprint density at radius 2 is 1.96 bits per heavy atom. The van der Waals surface area contributed by atoms with Gasteiger partial charge in [-0.05, 0) is 44.7 Å². The van der Waals surface area contributed by atoms with Gasteiger partial charge in [0.05, 0.1) is 5.69 Å². The molecule has 5 nitrogen and oxygen atoms in total. The number of nitrogens with zero attached hydrogens (tertiary/aromatic N) is 3. The fourth-order valence-corrected chi connectivity index (χ4v) is 3.45. The van der Waals surface area contributed by atoms with E-state index in [1.807, 2.05) is 36.1 Å². The number of likely N-dealkylation sites (tertiary alicyclic amines) is 1. The molecule has 0 N–H and O–H groups in total. The molecule has 0 bridgehead atoms. The number of benzene rings is 1. The van der Waals surface area contributed by atoms with Gasteiger partial charge in [-0.15, -0.1) is 0 Å². The largest absolute Gasteiger partial charge is 0.335 e. The molecule has 1 aromatic rings. The summed E-state index contributed by atoms with van der Waals surface area (Å²) in [4.78, 5) is 27.1. The lowest BCUT2D eigenvalue weighted by Gasteiger charge is -2.36. The van der Waals surface area contributed by atoms with Gasteiger partial charge in [-0.2, -0.15) is 5.10 Å². The van der Waals surface area contributed by atoms with E-state index in [2.05, 4.69) is 12.0 Å². The van der Waals surface area contributed by atoms with Gasteiger partial charge in [0.1, 0.15) is 5.71 Å². The monoisotopic (exact) mass is 327 g/mol. The molecule has 2 aliphatic rings. The molecule has 0 aromatic heterocycles. The fraction of sp³-hybridized carbons (Fsp3) is 0.526. The number of amides is 2. The minimum atomic E-state index is -0.0545. The van der Waals surface area contributed by atoms with E-state index in [4.69, 9.17) is 0 Å². The molecular weight excluding hydrogens is 302 g/mol. The summed E-state index contributed by atoms with van der Waals surface area (Å²) in [7, 11) is 0. The molecule has 5 heteroatoms. The van der Waals surface area contributed by atoms with Crippen molar-refractivity contribution in [3.8, 4) is 0 Å². The first-order valence-electron chi connectivity index (χ1n) is 8.88. The minimum absolute atomic E-state index is 0.00571. The zero-order chi connectivity index (χ0) is 17.1. The molecular formula is C19H25N3O2. The highest BCUT2D eigenvalue weighted by atomic mass is 16.2. The zero-order valence-electron chi connectivity index (χ0n) is 14.5. The summed E-state index contributed by atoms with van der Waals surface area (Å²) in [6.07, 6.45) is 5.05. The second-order valence-electron chi connectivity index (χ2n) is 6.64. The van der Waals surface area contributed by atoms with Gasteiger partial charge in [0.15, 0.2) is 0 Å². The van der Waals surface area contributed by atoms with Crippen LogP contribution in [0.5, 0.6) is 0 Å². The van der Waals surface area contributed by atoms with Crippen molar-refractivity contribution in [3.63, 3.8) is 0 Å². The zero-order valence-corrected chi connectivity index (χ0v) is 14.5. The van der Waals surface area contributed by atoms with Crippen LogP contribution in [0.4, 0.5) is 5.69 Å². The van der Waals surface area contributed by atoms with Crippen LogP contribution in [0.3, 0.4) is 0 Å². The lowest BCUT2D eigenvalue weighted by Crippen LogP contribution is -2.48. The van der Waals surface area contributed by atoms with E-state index in [9.17, 15) is 9.59 Å². The molecule has 24 heavy (non-hydrogen) atoms. The van der Waals surface area contributed by atoms with Crippen molar-refractivity contribution in [2.24, 2.45) is 5.10 Å². The Kier molecular flexibility index (Phi) is 4.97. The molecule has 1 unspecified atom stereocenters. The Bertz CT molecular complexity index is 651. The molecule has 2 amide bonds.